The van der Waals surface area contributed by atoms with E-state index in [9.17, 15) is 14.4 Å². The Morgan fingerprint density at radius 3 is 2.42 bits per heavy atom. The second kappa shape index (κ2) is 10.4. The Labute approximate surface area is 218 Å². The van der Waals surface area contributed by atoms with E-state index in [1.807, 2.05) is 4.90 Å². The smallest absolute Gasteiger partial charge is 0.279 e. The number of carbonyl (C=O) groups excluding carboxylic acids is 2. The highest BCUT2D eigenvalue weighted by Gasteiger charge is 2.47. The van der Waals surface area contributed by atoms with Crippen LogP contribution in [0.4, 0.5) is 0 Å². The zero-order valence-corrected chi connectivity index (χ0v) is 21.5. The van der Waals surface area contributed by atoms with Crippen LogP contribution in [0, 0.1) is 0 Å². The molecule has 36 heavy (non-hydrogen) atoms. The van der Waals surface area contributed by atoms with Crippen molar-refractivity contribution in [2.24, 2.45) is 0 Å². The van der Waals surface area contributed by atoms with Gasteiger partial charge < -0.3 is 14.4 Å². The highest BCUT2D eigenvalue weighted by Crippen LogP contribution is 2.37. The predicted molar refractivity (Wildman–Crippen MR) is 135 cm³/mol. The number of nitrogens with one attached hydrogen (secondary N) is 1. The first-order chi connectivity index (χ1) is 17.4. The number of rotatable bonds is 6. The standard InChI is InChI=1S/C25H28Cl2N4O5/c1-35-14-19-20(24(33)31(28-19)16-7-8-17(26)18(27)13-16)21-22(29-9-11-36-12-10-29)25(34)30(23(21)32)15-5-3-2-4-6-15/h7-8,13,15,28H,2-6,9-12,14H2,1H3. The lowest BCUT2D eigenvalue weighted by atomic mass is 9.94. The first kappa shape index (κ1) is 25.1. The Morgan fingerprint density at radius 1 is 1.03 bits per heavy atom. The van der Waals surface area contributed by atoms with Crippen molar-refractivity contribution in [3.63, 3.8) is 0 Å². The molecule has 0 atom stereocenters. The summed E-state index contributed by atoms with van der Waals surface area (Å²) in [7, 11) is 1.51. The second-order valence-corrected chi connectivity index (χ2v) is 10.0. The molecule has 1 aliphatic carbocycles. The normalized spacial score (nSPS) is 19.6. The van der Waals surface area contributed by atoms with Gasteiger partial charge in [0.2, 0.25) is 0 Å². The summed E-state index contributed by atoms with van der Waals surface area (Å²) >= 11 is 12.3. The van der Waals surface area contributed by atoms with E-state index in [-0.39, 0.29) is 40.4 Å². The summed E-state index contributed by atoms with van der Waals surface area (Å²) in [6.07, 6.45) is 4.56. The molecular formula is C25H28Cl2N4O5. The molecule has 11 heteroatoms. The van der Waals surface area contributed by atoms with Gasteiger partial charge in [0.25, 0.3) is 17.4 Å². The summed E-state index contributed by atoms with van der Waals surface area (Å²) in [6, 6.07) is 4.64. The van der Waals surface area contributed by atoms with E-state index in [0.717, 1.165) is 32.1 Å². The molecule has 0 bridgehead atoms. The maximum atomic E-state index is 14.0. The number of ether oxygens (including phenoxy) is 2. The van der Waals surface area contributed by atoms with Crippen molar-refractivity contribution in [1.82, 2.24) is 19.6 Å². The van der Waals surface area contributed by atoms with Crippen LogP contribution in [0.5, 0.6) is 0 Å². The van der Waals surface area contributed by atoms with E-state index in [1.54, 1.807) is 18.2 Å². The molecular weight excluding hydrogens is 507 g/mol. The van der Waals surface area contributed by atoms with Crippen LogP contribution < -0.4 is 5.56 Å². The maximum Gasteiger partial charge on any atom is 0.279 e. The van der Waals surface area contributed by atoms with Gasteiger partial charge in [-0.3, -0.25) is 24.4 Å². The summed E-state index contributed by atoms with van der Waals surface area (Å²) in [5, 5.41) is 3.70. The fraction of sp³-hybridized carbons (Fsp3) is 0.480. The molecule has 3 aliphatic rings. The third-order valence-corrected chi connectivity index (χ3v) is 7.76. The van der Waals surface area contributed by atoms with Gasteiger partial charge in [0, 0.05) is 26.2 Å². The lowest BCUT2D eigenvalue weighted by Gasteiger charge is -2.32. The van der Waals surface area contributed by atoms with E-state index in [2.05, 4.69) is 5.10 Å². The van der Waals surface area contributed by atoms with Crippen molar-refractivity contribution in [3.8, 4) is 5.69 Å². The van der Waals surface area contributed by atoms with Gasteiger partial charge in [-0.2, -0.15) is 0 Å². The fourth-order valence-corrected chi connectivity index (χ4v) is 5.60. The zero-order chi connectivity index (χ0) is 25.4. The first-order valence-electron chi connectivity index (χ1n) is 12.2. The van der Waals surface area contributed by atoms with Crippen LogP contribution in [0.1, 0.15) is 43.4 Å². The van der Waals surface area contributed by atoms with Gasteiger partial charge >= 0.3 is 0 Å². The van der Waals surface area contributed by atoms with Crippen LogP contribution in [-0.4, -0.2) is 70.8 Å². The Kier molecular flexibility index (Phi) is 7.25. The number of methoxy groups -OCH3 is 1. The lowest BCUT2D eigenvalue weighted by molar-refractivity contribution is -0.141. The highest BCUT2D eigenvalue weighted by atomic mass is 35.5. The molecule has 1 aromatic carbocycles. The first-order valence-corrected chi connectivity index (χ1v) is 12.9. The van der Waals surface area contributed by atoms with Gasteiger partial charge in [0.15, 0.2) is 0 Å². The average Bonchev–Trinajstić information content (AvgIpc) is 3.34. The van der Waals surface area contributed by atoms with Crippen LogP contribution >= 0.6 is 23.2 Å². The molecule has 2 fully saturated rings. The van der Waals surface area contributed by atoms with Gasteiger partial charge in [-0.1, -0.05) is 42.5 Å². The Morgan fingerprint density at radius 2 is 1.75 bits per heavy atom. The average molecular weight is 535 g/mol. The van der Waals surface area contributed by atoms with E-state index in [0.29, 0.717) is 42.7 Å². The molecule has 2 amide bonds. The number of aromatic amines is 1. The lowest BCUT2D eigenvalue weighted by Crippen LogP contribution is -2.45. The number of halogens is 2. The zero-order valence-electron chi connectivity index (χ0n) is 20.0. The molecule has 9 nitrogen and oxygen atoms in total. The van der Waals surface area contributed by atoms with Gasteiger partial charge in [-0.05, 0) is 31.0 Å². The molecule has 1 saturated heterocycles. The summed E-state index contributed by atoms with van der Waals surface area (Å²) in [6.45, 7) is 1.84. The maximum absolute atomic E-state index is 14.0. The molecule has 2 aromatic rings. The molecule has 0 spiro atoms. The van der Waals surface area contributed by atoms with Gasteiger partial charge in [-0.25, -0.2) is 4.68 Å². The number of aromatic nitrogens is 2. The van der Waals surface area contributed by atoms with Crippen molar-refractivity contribution in [3.05, 3.63) is 55.6 Å². The number of amides is 2. The molecule has 1 saturated carbocycles. The van der Waals surface area contributed by atoms with Crippen molar-refractivity contribution in [2.75, 3.05) is 33.4 Å². The van der Waals surface area contributed by atoms with Crippen LogP contribution in [0.15, 0.2) is 28.7 Å². The minimum Gasteiger partial charge on any atom is -0.378 e. The number of nitrogens with zero attached hydrogens (tertiary/aromatic N) is 3. The molecule has 1 aromatic heterocycles. The minimum absolute atomic E-state index is 0.0453. The van der Waals surface area contributed by atoms with Crippen LogP contribution in [0.25, 0.3) is 11.3 Å². The van der Waals surface area contributed by atoms with Crippen LogP contribution in [0.3, 0.4) is 0 Å². The summed E-state index contributed by atoms with van der Waals surface area (Å²) < 4.78 is 12.2. The van der Waals surface area contributed by atoms with Gasteiger partial charge in [0.1, 0.15) is 5.70 Å². The third kappa shape index (κ3) is 4.38. The number of morpholine rings is 1. The van der Waals surface area contributed by atoms with E-state index in [4.69, 9.17) is 32.7 Å². The molecule has 5 rings (SSSR count). The largest absolute Gasteiger partial charge is 0.378 e. The second-order valence-electron chi connectivity index (χ2n) is 9.23. The number of H-pyrrole nitrogens is 1. The van der Waals surface area contributed by atoms with Gasteiger partial charge in [0.05, 0.1) is 52.4 Å². The molecule has 2 aliphatic heterocycles. The number of hydrogen-bond donors (Lipinski definition) is 1. The number of benzene rings is 1. The Hall–Kier alpha value is -2.59. The number of carbonyl (C=O) groups is 2. The topological polar surface area (TPSA) is 96.9 Å². The van der Waals surface area contributed by atoms with E-state index < -0.39 is 11.5 Å². The molecule has 192 valence electrons. The molecule has 0 unspecified atom stereocenters. The monoisotopic (exact) mass is 534 g/mol. The van der Waals surface area contributed by atoms with E-state index >= 15 is 0 Å². The quantitative estimate of drug-likeness (QED) is 0.570. The third-order valence-electron chi connectivity index (χ3n) is 7.02. The van der Waals surface area contributed by atoms with Crippen molar-refractivity contribution in [2.45, 2.75) is 44.8 Å². The SMILES string of the molecule is COCc1[nH]n(-c2ccc(Cl)c(Cl)c2)c(=O)c1C1=C(N2CCOCC2)C(=O)N(C2CCCCC2)C1=O. The summed E-state index contributed by atoms with van der Waals surface area (Å²) in [5.74, 6) is -0.767. The number of hydrogen-bond acceptors (Lipinski definition) is 6. The minimum atomic E-state index is -0.465. The number of imide groups is 1. The predicted octanol–water partition coefficient (Wildman–Crippen LogP) is 3.36. The Balaban J connectivity index is 1.68. The molecule has 1 N–H and O–H groups in total. The van der Waals surface area contributed by atoms with Crippen LogP contribution in [-0.2, 0) is 25.7 Å². The molecule has 0 radical (unpaired) electrons. The van der Waals surface area contributed by atoms with Crippen molar-refractivity contribution >= 4 is 40.6 Å². The summed E-state index contributed by atoms with van der Waals surface area (Å²) in [4.78, 5) is 44.9. The molecule has 3 heterocycles. The highest BCUT2D eigenvalue weighted by molar-refractivity contribution is 6.42. The van der Waals surface area contributed by atoms with E-state index in [1.165, 1.54) is 16.7 Å². The van der Waals surface area contributed by atoms with Gasteiger partial charge in [-0.15, -0.1) is 0 Å². The van der Waals surface area contributed by atoms with Crippen molar-refractivity contribution in [1.29, 1.82) is 0 Å². The fourth-order valence-electron chi connectivity index (χ4n) is 5.31. The Bertz CT molecular complexity index is 1270. The van der Waals surface area contributed by atoms with Crippen molar-refractivity contribution < 1.29 is 19.1 Å². The summed E-state index contributed by atoms with van der Waals surface area (Å²) in [5.41, 5.74) is 0.922. The van der Waals surface area contributed by atoms with Crippen LogP contribution in [0.2, 0.25) is 10.0 Å².